The molecule has 0 bridgehead atoms. The Morgan fingerprint density at radius 1 is 1.22 bits per heavy atom. The third-order valence-corrected chi connectivity index (χ3v) is 4.55. The van der Waals surface area contributed by atoms with Crippen molar-refractivity contribution in [1.82, 2.24) is 0 Å². The molecule has 0 aromatic heterocycles. The number of benzene rings is 1. The smallest absolute Gasteiger partial charge is 0.323 e. The fourth-order valence-electron chi connectivity index (χ4n) is 1.12. The number of carboxylic acids is 1. The number of hydrogen-bond donors (Lipinski definition) is 2. The molecule has 0 aliphatic rings. The Bertz CT molecular complexity index is 528. The van der Waals surface area contributed by atoms with Gasteiger partial charge in [-0.15, -0.1) is 0 Å². The van der Waals surface area contributed by atoms with E-state index < -0.39 is 20.8 Å². The zero-order chi connectivity index (χ0) is 18.0. The second kappa shape index (κ2) is 13.0. The zero-order valence-electron chi connectivity index (χ0n) is 14.1. The van der Waals surface area contributed by atoms with Crippen molar-refractivity contribution in [2.24, 2.45) is 0 Å². The summed E-state index contributed by atoms with van der Waals surface area (Å²) >= 11 is 0. The van der Waals surface area contributed by atoms with Crippen molar-refractivity contribution >= 4 is 16.1 Å². The first kappa shape index (κ1) is 27.5. The third-order valence-electron chi connectivity index (χ3n) is 3.12. The van der Waals surface area contributed by atoms with Crippen LogP contribution in [0.2, 0.25) is 0 Å². The van der Waals surface area contributed by atoms with E-state index in [1.54, 1.807) is 0 Å². The van der Waals surface area contributed by atoms with Crippen molar-refractivity contribution in [2.75, 3.05) is 7.11 Å². The van der Waals surface area contributed by atoms with Crippen molar-refractivity contribution in [3.63, 3.8) is 0 Å². The number of aliphatic hydroxyl groups is 1. The molecule has 0 saturated carbocycles. The van der Waals surface area contributed by atoms with Crippen molar-refractivity contribution in [2.45, 2.75) is 44.8 Å². The molecule has 0 aliphatic heterocycles. The van der Waals surface area contributed by atoms with Gasteiger partial charge in [-0.05, 0) is 31.7 Å². The van der Waals surface area contributed by atoms with Gasteiger partial charge in [0, 0.05) is 38.2 Å². The van der Waals surface area contributed by atoms with Crippen molar-refractivity contribution < 1.29 is 59.1 Å². The summed E-state index contributed by atoms with van der Waals surface area (Å²) in [6.45, 7) is 6.17. The van der Waals surface area contributed by atoms with Crippen LogP contribution >= 0.6 is 0 Å². The van der Waals surface area contributed by atoms with Crippen molar-refractivity contribution in [3.05, 3.63) is 35.9 Å². The van der Waals surface area contributed by atoms with Crippen molar-refractivity contribution in [3.8, 4) is 0 Å². The minimum absolute atomic E-state index is 0. The van der Waals surface area contributed by atoms with Crippen LogP contribution in [0.4, 0.5) is 0 Å². The SMILES string of the molecule is CC(C)(C(=O)O)S(=O)(=O)[O-].CCC(C)c1ccccc1.CO.[U]. The number of aliphatic carboxylic acids is 1. The molecule has 0 amide bonds. The maximum atomic E-state index is 10.2. The molecule has 132 valence electrons. The van der Waals surface area contributed by atoms with E-state index in [9.17, 15) is 17.8 Å². The Labute approximate surface area is 162 Å². The van der Waals surface area contributed by atoms with E-state index in [1.165, 1.54) is 12.0 Å². The molecule has 23 heavy (non-hydrogen) atoms. The van der Waals surface area contributed by atoms with Gasteiger partial charge in [-0.25, -0.2) is 8.42 Å². The third kappa shape index (κ3) is 10.2. The standard InChI is InChI=1S/C10H14.C4H8O5S.CH4O.U/c1-3-9(2)10-7-5-4-6-8-10;1-4(2,3(5)6)10(7,8)9;1-2;/h4-9H,3H2,1-2H3;1-2H3,(H,5,6)(H,7,8,9);2H,1H3;/p-1. The Morgan fingerprint density at radius 3 is 1.83 bits per heavy atom. The zero-order valence-corrected chi connectivity index (χ0v) is 19.1. The molecule has 1 aromatic rings. The summed E-state index contributed by atoms with van der Waals surface area (Å²) in [5.74, 6) is -0.927. The summed E-state index contributed by atoms with van der Waals surface area (Å²) in [6.07, 6.45) is 1.23. The molecule has 0 heterocycles. The van der Waals surface area contributed by atoms with E-state index in [2.05, 4.69) is 44.2 Å². The molecule has 0 fully saturated rings. The van der Waals surface area contributed by atoms with Crippen molar-refractivity contribution in [1.29, 1.82) is 0 Å². The molecule has 0 aliphatic carbocycles. The van der Waals surface area contributed by atoms with Crippen LogP contribution in [0, 0.1) is 31.1 Å². The Balaban J connectivity index is -0.000000302. The predicted octanol–water partition coefficient (Wildman–Crippen LogP) is 2.20. The number of rotatable bonds is 4. The maximum Gasteiger partial charge on any atom is 0.323 e. The Morgan fingerprint density at radius 2 is 1.61 bits per heavy atom. The molecule has 0 radical (unpaired) electrons. The van der Waals surface area contributed by atoms with E-state index in [1.807, 2.05) is 0 Å². The summed E-state index contributed by atoms with van der Waals surface area (Å²) in [5, 5.41) is 15.2. The van der Waals surface area contributed by atoms with Crippen LogP contribution in [-0.4, -0.2) is 41.0 Å². The summed E-state index contributed by atoms with van der Waals surface area (Å²) in [6, 6.07) is 10.6. The first-order chi connectivity index (χ1) is 10.0. The van der Waals surface area contributed by atoms with Crippen LogP contribution < -0.4 is 0 Å². The summed E-state index contributed by atoms with van der Waals surface area (Å²) < 4.78 is 28.2. The molecular formula is C15H25O6SU-. The van der Waals surface area contributed by atoms with Gasteiger partial charge in [0.25, 0.3) is 0 Å². The number of carboxylic acid groups (broad SMARTS) is 1. The van der Waals surface area contributed by atoms with E-state index >= 15 is 0 Å². The van der Waals surface area contributed by atoms with Crippen LogP contribution in [0.15, 0.2) is 30.3 Å². The van der Waals surface area contributed by atoms with E-state index in [0.717, 1.165) is 21.0 Å². The van der Waals surface area contributed by atoms with E-state index in [0.29, 0.717) is 5.92 Å². The van der Waals surface area contributed by atoms with Gasteiger partial charge in [0.1, 0.15) is 10.1 Å². The number of aliphatic hydroxyl groups excluding tert-OH is 1. The van der Waals surface area contributed by atoms with Gasteiger partial charge in [0.05, 0.1) is 0 Å². The molecule has 0 spiro atoms. The topological polar surface area (TPSA) is 115 Å². The van der Waals surface area contributed by atoms with Gasteiger partial charge >= 0.3 is 5.97 Å². The fourth-order valence-corrected chi connectivity index (χ4v) is 1.34. The van der Waals surface area contributed by atoms with E-state index in [-0.39, 0.29) is 31.1 Å². The van der Waals surface area contributed by atoms with Gasteiger partial charge in [-0.2, -0.15) is 0 Å². The predicted molar refractivity (Wildman–Crippen MR) is 84.7 cm³/mol. The van der Waals surface area contributed by atoms with Crippen LogP contribution in [0.5, 0.6) is 0 Å². The largest absolute Gasteiger partial charge is 0.747 e. The molecule has 8 heteroatoms. The van der Waals surface area contributed by atoms with Gasteiger partial charge < -0.3 is 14.8 Å². The normalized spacial score (nSPS) is 11.6. The minimum Gasteiger partial charge on any atom is -0.747 e. The van der Waals surface area contributed by atoms with Crippen LogP contribution in [-0.2, 0) is 14.9 Å². The maximum absolute atomic E-state index is 10.2. The molecule has 1 unspecified atom stereocenters. The second-order valence-electron chi connectivity index (χ2n) is 4.99. The van der Waals surface area contributed by atoms with Crippen LogP contribution in [0.25, 0.3) is 0 Å². The summed E-state index contributed by atoms with van der Waals surface area (Å²) in [7, 11) is -3.75. The summed E-state index contributed by atoms with van der Waals surface area (Å²) in [4.78, 5) is 10.1. The molecule has 1 aromatic carbocycles. The average Bonchev–Trinajstić information content (AvgIpc) is 2.48. The average molecular weight is 571 g/mol. The molecular weight excluding hydrogens is 546 g/mol. The summed E-state index contributed by atoms with van der Waals surface area (Å²) in [5.41, 5.74) is 1.45. The number of carbonyl (C=O) groups is 1. The van der Waals surface area contributed by atoms with Gasteiger partial charge in [-0.1, -0.05) is 44.2 Å². The van der Waals surface area contributed by atoms with Crippen LogP contribution in [0.3, 0.4) is 0 Å². The first-order valence-corrected chi connectivity index (χ1v) is 8.13. The monoisotopic (exact) mass is 571 g/mol. The molecule has 1 atom stereocenters. The Hall–Kier alpha value is -0.388. The Kier molecular flexibility index (Phi) is 15.5. The fraction of sp³-hybridized carbons (Fsp3) is 0.533. The van der Waals surface area contributed by atoms with E-state index in [4.69, 9.17) is 10.2 Å². The molecule has 1 rings (SSSR count). The number of hydrogen-bond acceptors (Lipinski definition) is 5. The minimum atomic E-state index is -4.75. The quantitative estimate of drug-likeness (QED) is 0.536. The van der Waals surface area contributed by atoms with Gasteiger partial charge in [-0.3, -0.25) is 4.79 Å². The van der Waals surface area contributed by atoms with Crippen LogP contribution in [0.1, 0.15) is 45.6 Å². The van der Waals surface area contributed by atoms with Gasteiger partial charge in [0.15, 0.2) is 4.75 Å². The van der Waals surface area contributed by atoms with Gasteiger partial charge in [0.2, 0.25) is 0 Å². The molecule has 2 N–H and O–H groups in total. The second-order valence-corrected chi connectivity index (χ2v) is 6.92. The first-order valence-electron chi connectivity index (χ1n) is 6.72. The molecule has 0 saturated heterocycles. The molecule has 6 nitrogen and oxygen atoms in total.